The van der Waals surface area contributed by atoms with E-state index in [4.69, 9.17) is 20.9 Å². The molecule has 14 heteroatoms. The standard InChI is InChI=1S/2C16H18F2N4O/c2*1-10-7-15(21-16(19)20-10)22-5-2-6-23-9-14(22)12-4-3-11(17)8-13(12)18/h2*3-4,7-8,14H,2,5-6,9H2,1H3,(H2,19,20,21)/t2*14-/m10/s1. The van der Waals surface area contributed by atoms with Crippen LogP contribution in [0.15, 0.2) is 48.5 Å². The number of ether oxygens (including phenoxy) is 2. The van der Waals surface area contributed by atoms with E-state index in [-0.39, 0.29) is 11.9 Å². The summed E-state index contributed by atoms with van der Waals surface area (Å²) in [7, 11) is 0. The number of nitrogen functional groups attached to an aromatic ring is 2. The van der Waals surface area contributed by atoms with Crippen LogP contribution in [0.4, 0.5) is 41.1 Å². The third-order valence-corrected chi connectivity index (χ3v) is 7.63. The van der Waals surface area contributed by atoms with Crippen molar-refractivity contribution in [3.05, 3.63) is 94.3 Å². The van der Waals surface area contributed by atoms with Gasteiger partial charge in [-0.3, -0.25) is 0 Å². The Labute approximate surface area is 264 Å². The molecule has 0 amide bonds. The highest BCUT2D eigenvalue weighted by molar-refractivity contribution is 5.48. The summed E-state index contributed by atoms with van der Waals surface area (Å²) in [6.45, 7) is 6.67. The molecule has 0 bridgehead atoms. The summed E-state index contributed by atoms with van der Waals surface area (Å²) in [5.41, 5.74) is 13.7. The van der Waals surface area contributed by atoms with Crippen LogP contribution in [0.3, 0.4) is 0 Å². The lowest BCUT2D eigenvalue weighted by Gasteiger charge is -2.31. The number of aromatic nitrogens is 4. The van der Waals surface area contributed by atoms with E-state index in [0.717, 1.165) is 36.4 Å². The lowest BCUT2D eigenvalue weighted by Crippen LogP contribution is -2.32. The maximum atomic E-state index is 14.2. The second kappa shape index (κ2) is 14.7. The first kappa shape index (κ1) is 32.8. The highest BCUT2D eigenvalue weighted by Crippen LogP contribution is 2.32. The molecule has 2 aromatic carbocycles. The molecular formula is C32H36F4N8O2. The van der Waals surface area contributed by atoms with Crippen LogP contribution in [-0.2, 0) is 9.47 Å². The molecule has 0 unspecified atom stereocenters. The quantitative estimate of drug-likeness (QED) is 0.286. The van der Waals surface area contributed by atoms with Crippen LogP contribution in [0.2, 0.25) is 0 Å². The van der Waals surface area contributed by atoms with E-state index >= 15 is 0 Å². The van der Waals surface area contributed by atoms with Crippen LogP contribution in [0.1, 0.15) is 47.4 Å². The van der Waals surface area contributed by atoms with Crippen LogP contribution in [-0.4, -0.2) is 59.5 Å². The van der Waals surface area contributed by atoms with Crippen LogP contribution in [0, 0.1) is 37.1 Å². The highest BCUT2D eigenvalue weighted by Gasteiger charge is 2.29. The maximum absolute atomic E-state index is 14.2. The molecule has 0 radical (unpaired) electrons. The third kappa shape index (κ3) is 7.98. The van der Waals surface area contributed by atoms with E-state index in [1.807, 2.05) is 23.6 Å². The van der Waals surface area contributed by atoms with Crippen molar-refractivity contribution in [2.45, 2.75) is 38.8 Å². The fraction of sp³-hybridized carbons (Fsp3) is 0.375. The van der Waals surface area contributed by atoms with Gasteiger partial charge in [0.15, 0.2) is 0 Å². The van der Waals surface area contributed by atoms with Crippen LogP contribution in [0.5, 0.6) is 0 Å². The summed E-state index contributed by atoms with van der Waals surface area (Å²) in [6, 6.07) is 9.99. The molecule has 10 nitrogen and oxygen atoms in total. The number of benzene rings is 2. The Morgan fingerprint density at radius 2 is 1.04 bits per heavy atom. The van der Waals surface area contributed by atoms with E-state index in [2.05, 4.69) is 19.9 Å². The van der Waals surface area contributed by atoms with Crippen molar-refractivity contribution in [1.29, 1.82) is 0 Å². The molecule has 2 atom stereocenters. The fourth-order valence-electron chi connectivity index (χ4n) is 5.61. The van der Waals surface area contributed by atoms with Crippen molar-refractivity contribution < 1.29 is 27.0 Å². The molecule has 0 spiro atoms. The Hall–Kier alpha value is -4.56. The van der Waals surface area contributed by atoms with E-state index in [1.54, 1.807) is 12.1 Å². The van der Waals surface area contributed by atoms with Gasteiger partial charge in [0, 0.05) is 73.1 Å². The van der Waals surface area contributed by atoms with Gasteiger partial charge in [0.1, 0.15) is 34.9 Å². The summed E-state index contributed by atoms with van der Waals surface area (Å²) in [5.74, 6) is -0.812. The van der Waals surface area contributed by atoms with Crippen molar-refractivity contribution in [2.24, 2.45) is 0 Å². The smallest absolute Gasteiger partial charge is 0.222 e. The molecule has 4 N–H and O–H groups in total. The second-order valence-corrected chi connectivity index (χ2v) is 11.1. The SMILES string of the molecule is Cc1cc(N2CCCOC[C@@H]2c2ccc(F)cc2F)nc(N)n1.Cc1cc(N2CCCOC[C@H]2c2ccc(F)cc2F)nc(N)n1. The first-order valence-corrected chi connectivity index (χ1v) is 14.9. The normalized spacial score (nSPS) is 18.7. The predicted molar refractivity (Wildman–Crippen MR) is 166 cm³/mol. The molecule has 6 rings (SSSR count). The van der Waals surface area contributed by atoms with Crippen LogP contribution in [0.25, 0.3) is 0 Å². The van der Waals surface area contributed by atoms with Gasteiger partial charge < -0.3 is 30.7 Å². The summed E-state index contributed by atoms with van der Waals surface area (Å²) in [5, 5.41) is 0. The lowest BCUT2D eigenvalue weighted by molar-refractivity contribution is 0.133. The van der Waals surface area contributed by atoms with Gasteiger partial charge in [-0.05, 0) is 38.8 Å². The zero-order valence-corrected chi connectivity index (χ0v) is 25.6. The number of nitrogens with zero attached hydrogens (tertiary/aromatic N) is 6. The topological polar surface area (TPSA) is 129 Å². The molecule has 244 valence electrons. The Kier molecular flexibility index (Phi) is 10.5. The van der Waals surface area contributed by atoms with Crippen molar-refractivity contribution in [1.82, 2.24) is 19.9 Å². The minimum Gasteiger partial charge on any atom is -0.379 e. The summed E-state index contributed by atoms with van der Waals surface area (Å²) in [4.78, 5) is 20.5. The molecule has 0 aliphatic carbocycles. The number of halogens is 4. The van der Waals surface area contributed by atoms with Crippen molar-refractivity contribution in [3.63, 3.8) is 0 Å². The maximum Gasteiger partial charge on any atom is 0.222 e. The fourth-order valence-corrected chi connectivity index (χ4v) is 5.61. The van der Waals surface area contributed by atoms with Gasteiger partial charge in [-0.2, -0.15) is 9.97 Å². The molecule has 4 heterocycles. The van der Waals surface area contributed by atoms with Crippen LogP contribution >= 0.6 is 0 Å². The molecule has 2 aliphatic rings. The Morgan fingerprint density at radius 3 is 1.41 bits per heavy atom. The van der Waals surface area contributed by atoms with Gasteiger partial charge in [0.05, 0.1) is 25.3 Å². The Balaban J connectivity index is 0.000000181. The number of rotatable bonds is 4. The lowest BCUT2D eigenvalue weighted by atomic mass is 10.0. The minimum atomic E-state index is -0.602. The van der Waals surface area contributed by atoms with Gasteiger partial charge in [0.2, 0.25) is 11.9 Å². The molecule has 2 aliphatic heterocycles. The Bertz CT molecular complexity index is 1500. The van der Waals surface area contributed by atoms with E-state index in [9.17, 15) is 17.6 Å². The van der Waals surface area contributed by atoms with Crippen molar-refractivity contribution in [3.8, 4) is 0 Å². The number of anilines is 4. The summed E-state index contributed by atoms with van der Waals surface area (Å²) < 4.78 is 66.0. The average Bonchev–Trinajstić information content (AvgIpc) is 3.38. The van der Waals surface area contributed by atoms with E-state index in [0.29, 0.717) is 62.3 Å². The average molecular weight is 641 g/mol. The first-order valence-electron chi connectivity index (χ1n) is 14.9. The number of nitrogens with two attached hydrogens (primary N) is 2. The van der Waals surface area contributed by atoms with Gasteiger partial charge >= 0.3 is 0 Å². The second-order valence-electron chi connectivity index (χ2n) is 11.1. The van der Waals surface area contributed by atoms with E-state index < -0.39 is 35.4 Å². The van der Waals surface area contributed by atoms with Crippen molar-refractivity contribution in [2.75, 3.05) is 60.8 Å². The largest absolute Gasteiger partial charge is 0.379 e. The van der Waals surface area contributed by atoms with E-state index in [1.165, 1.54) is 24.3 Å². The number of hydrogen-bond acceptors (Lipinski definition) is 10. The molecule has 2 fully saturated rings. The third-order valence-electron chi connectivity index (χ3n) is 7.63. The number of hydrogen-bond donors (Lipinski definition) is 2. The van der Waals surface area contributed by atoms with Gasteiger partial charge in [-0.25, -0.2) is 27.5 Å². The highest BCUT2D eigenvalue weighted by atomic mass is 19.1. The monoisotopic (exact) mass is 640 g/mol. The predicted octanol–water partition coefficient (Wildman–Crippen LogP) is 5.23. The molecular weight excluding hydrogens is 604 g/mol. The summed E-state index contributed by atoms with van der Waals surface area (Å²) >= 11 is 0. The minimum absolute atomic E-state index is 0.170. The zero-order valence-electron chi connectivity index (χ0n) is 25.6. The van der Waals surface area contributed by atoms with Crippen LogP contribution < -0.4 is 21.3 Å². The zero-order chi connectivity index (χ0) is 32.8. The molecule has 2 saturated heterocycles. The van der Waals surface area contributed by atoms with Gasteiger partial charge in [0.25, 0.3) is 0 Å². The van der Waals surface area contributed by atoms with Gasteiger partial charge in [-0.15, -0.1) is 0 Å². The first-order chi connectivity index (χ1) is 22.1. The molecule has 2 aromatic heterocycles. The number of aryl methyl sites for hydroxylation is 2. The molecule has 46 heavy (non-hydrogen) atoms. The summed E-state index contributed by atoms with van der Waals surface area (Å²) in [6.07, 6.45) is 1.56. The van der Waals surface area contributed by atoms with Gasteiger partial charge in [-0.1, -0.05) is 12.1 Å². The van der Waals surface area contributed by atoms with Crippen molar-refractivity contribution >= 4 is 23.5 Å². The molecule has 4 aromatic rings. The molecule has 0 saturated carbocycles. The Morgan fingerprint density at radius 1 is 0.630 bits per heavy atom.